The van der Waals surface area contributed by atoms with Crippen molar-refractivity contribution in [3.05, 3.63) is 23.3 Å². The molecule has 0 amide bonds. The highest BCUT2D eigenvalue weighted by atomic mass is 16.7. The van der Waals surface area contributed by atoms with Crippen molar-refractivity contribution < 1.29 is 33.4 Å². The van der Waals surface area contributed by atoms with Crippen LogP contribution in [-0.4, -0.2) is 47.9 Å². The lowest BCUT2D eigenvalue weighted by atomic mass is 9.71. The summed E-state index contributed by atoms with van der Waals surface area (Å²) in [5.41, 5.74) is -1.34. The first-order valence-corrected chi connectivity index (χ1v) is 7.29. The van der Waals surface area contributed by atoms with E-state index in [1.54, 1.807) is 0 Å². The summed E-state index contributed by atoms with van der Waals surface area (Å²) in [6, 6.07) is 0. The maximum Gasteiger partial charge on any atom is 0.303 e. The Morgan fingerprint density at radius 2 is 1.70 bits per heavy atom. The monoisotopic (exact) mass is 320 g/mol. The van der Waals surface area contributed by atoms with Gasteiger partial charge >= 0.3 is 5.97 Å². The molecule has 0 aromatic carbocycles. The van der Waals surface area contributed by atoms with Gasteiger partial charge in [0.05, 0.1) is 25.2 Å². The highest BCUT2D eigenvalue weighted by molar-refractivity contribution is 6.21. The number of Topliss-reactive ketones (excluding diaryl/α,β-unsaturated/α-hetero) is 1. The van der Waals surface area contributed by atoms with Crippen molar-refractivity contribution in [3.8, 4) is 0 Å². The van der Waals surface area contributed by atoms with E-state index in [2.05, 4.69) is 0 Å². The summed E-state index contributed by atoms with van der Waals surface area (Å²) in [7, 11) is 0. The van der Waals surface area contributed by atoms with Crippen LogP contribution in [0.15, 0.2) is 23.3 Å². The lowest BCUT2D eigenvalue weighted by Gasteiger charge is -2.44. The van der Waals surface area contributed by atoms with Gasteiger partial charge in [-0.2, -0.15) is 0 Å². The van der Waals surface area contributed by atoms with Crippen LogP contribution in [0.5, 0.6) is 0 Å². The van der Waals surface area contributed by atoms with Gasteiger partial charge in [0.15, 0.2) is 23.0 Å². The normalized spacial score (nSPS) is 29.0. The number of rotatable bonds is 2. The second-order valence-electron chi connectivity index (χ2n) is 5.86. The molecule has 1 saturated heterocycles. The van der Waals surface area contributed by atoms with Crippen LogP contribution in [0.25, 0.3) is 0 Å². The van der Waals surface area contributed by atoms with Crippen LogP contribution in [0, 0.1) is 0 Å². The Kier molecular flexibility index (Phi) is 3.57. The molecule has 1 unspecified atom stereocenters. The van der Waals surface area contributed by atoms with Gasteiger partial charge in [-0.1, -0.05) is 0 Å². The average molecular weight is 320 g/mol. The average Bonchev–Trinajstić information content (AvgIpc) is 2.90. The molecule has 0 aromatic heterocycles. The van der Waals surface area contributed by atoms with Gasteiger partial charge in [0, 0.05) is 18.9 Å². The maximum atomic E-state index is 12.3. The number of ether oxygens (including phenoxy) is 3. The zero-order chi connectivity index (χ0) is 16.8. The van der Waals surface area contributed by atoms with Crippen molar-refractivity contribution in [2.45, 2.75) is 38.1 Å². The fraction of sp³-hybridized carbons (Fsp3) is 0.500. The lowest BCUT2D eigenvalue weighted by Crippen LogP contribution is -2.56. The molecule has 23 heavy (non-hydrogen) atoms. The molecule has 0 radical (unpaired) electrons. The van der Waals surface area contributed by atoms with Crippen LogP contribution in [0.1, 0.15) is 26.7 Å². The fourth-order valence-corrected chi connectivity index (χ4v) is 3.38. The van der Waals surface area contributed by atoms with Crippen LogP contribution in [-0.2, 0) is 33.4 Å². The molecule has 0 aromatic rings. The summed E-state index contributed by atoms with van der Waals surface area (Å²) in [5.74, 6) is -3.39. The van der Waals surface area contributed by atoms with Gasteiger partial charge in [-0.3, -0.25) is 19.2 Å². The minimum absolute atomic E-state index is 0.113. The lowest BCUT2D eigenvalue weighted by molar-refractivity contribution is -0.198. The number of carbonyl (C=O) groups excluding carboxylic acids is 4. The number of hydrogen-bond donors (Lipinski definition) is 0. The van der Waals surface area contributed by atoms with Gasteiger partial charge < -0.3 is 14.2 Å². The van der Waals surface area contributed by atoms with Crippen molar-refractivity contribution in [2.24, 2.45) is 0 Å². The zero-order valence-electron chi connectivity index (χ0n) is 12.8. The fourth-order valence-electron chi connectivity index (χ4n) is 3.38. The Labute approximate surface area is 132 Å². The quantitative estimate of drug-likeness (QED) is 0.537. The number of carbonyl (C=O) groups is 4. The molecule has 7 nitrogen and oxygen atoms in total. The minimum Gasteiger partial charge on any atom is -0.451 e. The smallest absolute Gasteiger partial charge is 0.303 e. The number of ketones is 3. The Balaban J connectivity index is 2.17. The van der Waals surface area contributed by atoms with E-state index in [4.69, 9.17) is 14.2 Å². The van der Waals surface area contributed by atoms with Gasteiger partial charge in [0.25, 0.3) is 0 Å². The molecule has 1 atom stereocenters. The summed E-state index contributed by atoms with van der Waals surface area (Å²) in [4.78, 5) is 48.3. The molecule has 122 valence electrons. The van der Waals surface area contributed by atoms with E-state index in [1.165, 1.54) is 19.9 Å². The molecule has 2 aliphatic carbocycles. The predicted molar refractivity (Wildman–Crippen MR) is 75.2 cm³/mol. The molecule has 0 N–H and O–H groups in total. The van der Waals surface area contributed by atoms with Crippen LogP contribution in [0.3, 0.4) is 0 Å². The van der Waals surface area contributed by atoms with E-state index in [9.17, 15) is 19.2 Å². The van der Waals surface area contributed by atoms with Gasteiger partial charge in [0.2, 0.25) is 5.79 Å². The van der Waals surface area contributed by atoms with Crippen LogP contribution in [0.4, 0.5) is 0 Å². The van der Waals surface area contributed by atoms with Crippen LogP contribution >= 0.6 is 0 Å². The Morgan fingerprint density at radius 1 is 1.09 bits per heavy atom. The van der Waals surface area contributed by atoms with Crippen molar-refractivity contribution >= 4 is 23.3 Å². The van der Waals surface area contributed by atoms with Gasteiger partial charge in [0.1, 0.15) is 0 Å². The van der Waals surface area contributed by atoms with E-state index < -0.39 is 28.9 Å². The highest BCUT2D eigenvalue weighted by Crippen LogP contribution is 2.48. The number of esters is 1. The third-order valence-corrected chi connectivity index (χ3v) is 4.33. The van der Waals surface area contributed by atoms with E-state index >= 15 is 0 Å². The zero-order valence-corrected chi connectivity index (χ0v) is 12.8. The maximum absolute atomic E-state index is 12.3. The van der Waals surface area contributed by atoms with E-state index in [-0.39, 0.29) is 43.0 Å². The van der Waals surface area contributed by atoms with Gasteiger partial charge in [-0.05, 0) is 19.1 Å². The van der Waals surface area contributed by atoms with E-state index in [0.29, 0.717) is 0 Å². The van der Waals surface area contributed by atoms with Gasteiger partial charge in [-0.25, -0.2) is 0 Å². The number of allylic oxidation sites excluding steroid dienone is 2. The molecule has 3 aliphatic rings. The summed E-state index contributed by atoms with van der Waals surface area (Å²) in [6.07, 6.45) is 2.02. The molecule has 1 aliphatic heterocycles. The molecule has 1 spiro atoms. The third-order valence-electron chi connectivity index (χ3n) is 4.33. The van der Waals surface area contributed by atoms with Crippen molar-refractivity contribution in [2.75, 3.05) is 13.2 Å². The first kappa shape index (κ1) is 15.8. The summed E-state index contributed by atoms with van der Waals surface area (Å²) in [6.45, 7) is 2.90. The molecule has 3 rings (SSSR count). The molecule has 0 saturated carbocycles. The minimum atomic E-state index is -1.57. The largest absolute Gasteiger partial charge is 0.451 e. The predicted octanol–water partition coefficient (Wildman–Crippen LogP) is 0.419. The van der Waals surface area contributed by atoms with Crippen molar-refractivity contribution in [1.29, 1.82) is 0 Å². The van der Waals surface area contributed by atoms with E-state index in [1.807, 2.05) is 0 Å². The SMILES string of the molecule is CC(=O)OC1(C(C)=O)CC2=C(C(=O)C=CC2=O)C2(C1)OCCO2. The first-order chi connectivity index (χ1) is 10.8. The molecule has 1 fully saturated rings. The highest BCUT2D eigenvalue weighted by Gasteiger charge is 2.59. The summed E-state index contributed by atoms with van der Waals surface area (Å²) >= 11 is 0. The molecular weight excluding hydrogens is 304 g/mol. The number of fused-ring (bicyclic) bond motifs is 1. The molecule has 1 heterocycles. The second kappa shape index (κ2) is 5.21. The number of hydrogen-bond acceptors (Lipinski definition) is 7. The Hall–Kier alpha value is -2.12. The molecule has 0 bridgehead atoms. The molecule has 7 heteroatoms. The third kappa shape index (κ3) is 2.36. The standard InChI is InChI=1S/C16H16O7/c1-9(17)15(23-10(2)18)7-11-12(19)3-4-13(20)14(11)16(8-15)21-5-6-22-16/h3-4H,5-8H2,1-2H3. The Morgan fingerprint density at radius 3 is 2.26 bits per heavy atom. The van der Waals surface area contributed by atoms with E-state index in [0.717, 1.165) is 6.08 Å². The van der Waals surface area contributed by atoms with Crippen molar-refractivity contribution in [3.63, 3.8) is 0 Å². The van der Waals surface area contributed by atoms with Gasteiger partial charge in [-0.15, -0.1) is 0 Å². The topological polar surface area (TPSA) is 96.0 Å². The molecular formula is C16H16O7. The van der Waals surface area contributed by atoms with Crippen LogP contribution < -0.4 is 0 Å². The van der Waals surface area contributed by atoms with Crippen molar-refractivity contribution in [1.82, 2.24) is 0 Å². The first-order valence-electron chi connectivity index (χ1n) is 7.29. The Bertz CT molecular complexity index is 679. The second-order valence-corrected chi connectivity index (χ2v) is 5.86. The van der Waals surface area contributed by atoms with Crippen LogP contribution in [0.2, 0.25) is 0 Å². The summed E-state index contributed by atoms with van der Waals surface area (Å²) in [5, 5.41) is 0. The summed E-state index contributed by atoms with van der Waals surface area (Å²) < 4.78 is 16.5.